The van der Waals surface area contributed by atoms with Crippen LogP contribution in [0.4, 0.5) is 0 Å². The van der Waals surface area contributed by atoms with Crippen molar-refractivity contribution in [3.63, 3.8) is 0 Å². The predicted octanol–water partition coefficient (Wildman–Crippen LogP) is 2.97. The summed E-state index contributed by atoms with van der Waals surface area (Å²) in [6.45, 7) is 5.50. The highest BCUT2D eigenvalue weighted by Crippen LogP contribution is 2.21. The Morgan fingerprint density at radius 3 is 2.50 bits per heavy atom. The molecule has 0 aliphatic heterocycles. The van der Waals surface area contributed by atoms with Gasteiger partial charge in [-0.05, 0) is 29.2 Å². The predicted molar refractivity (Wildman–Crippen MR) is 109 cm³/mol. The Balaban J connectivity index is 2.13. The second kappa shape index (κ2) is 8.25. The Hall–Kier alpha value is -3.15. The summed E-state index contributed by atoms with van der Waals surface area (Å²) in [5.74, 6) is -0.612. The van der Waals surface area contributed by atoms with Crippen molar-refractivity contribution in [1.29, 1.82) is 0 Å². The summed E-state index contributed by atoms with van der Waals surface area (Å²) in [6.07, 6.45) is 0.372. The van der Waals surface area contributed by atoms with E-state index in [4.69, 9.17) is 4.74 Å². The molecule has 0 aliphatic carbocycles. The van der Waals surface area contributed by atoms with Gasteiger partial charge in [-0.15, -0.1) is 0 Å². The molecule has 0 bridgehead atoms. The van der Waals surface area contributed by atoms with Gasteiger partial charge < -0.3 is 4.74 Å². The summed E-state index contributed by atoms with van der Waals surface area (Å²) < 4.78 is 6.33. The Morgan fingerprint density at radius 1 is 1.11 bits per heavy atom. The first-order valence-corrected chi connectivity index (χ1v) is 9.40. The van der Waals surface area contributed by atoms with Gasteiger partial charge in [-0.3, -0.25) is 19.1 Å². The number of aromatic nitrogens is 2. The van der Waals surface area contributed by atoms with Gasteiger partial charge >= 0.3 is 11.7 Å². The lowest BCUT2D eigenvalue weighted by atomic mass is 9.96. The van der Waals surface area contributed by atoms with E-state index < -0.39 is 17.2 Å². The average Bonchev–Trinajstić information content (AvgIpc) is 2.64. The number of H-pyrrole nitrogens is 1. The average molecular weight is 380 g/mol. The summed E-state index contributed by atoms with van der Waals surface area (Å²) in [7, 11) is 0. The maximum Gasteiger partial charge on any atom is 0.329 e. The third-order valence-corrected chi connectivity index (χ3v) is 4.70. The number of benzene rings is 2. The molecule has 3 aromatic rings. The topological polar surface area (TPSA) is 81.2 Å². The molecule has 146 valence electrons. The van der Waals surface area contributed by atoms with Gasteiger partial charge in [-0.2, -0.15) is 0 Å². The van der Waals surface area contributed by atoms with Crippen molar-refractivity contribution in [2.45, 2.75) is 39.7 Å². The molecular weight excluding hydrogens is 356 g/mol. The highest BCUT2D eigenvalue weighted by Gasteiger charge is 2.20. The Labute approximate surface area is 162 Å². The molecule has 0 radical (unpaired) electrons. The second-order valence-electron chi connectivity index (χ2n) is 7.02. The SMILES string of the molecule is CCOC(=O)Cn1c(Cc2ccc3ccccc3c2)c(C(C)C)c(=O)[nH]c1=O. The van der Waals surface area contributed by atoms with Gasteiger partial charge in [0.15, 0.2) is 0 Å². The summed E-state index contributed by atoms with van der Waals surface area (Å²) in [4.78, 5) is 39.3. The van der Waals surface area contributed by atoms with Crippen molar-refractivity contribution in [3.8, 4) is 0 Å². The van der Waals surface area contributed by atoms with E-state index in [9.17, 15) is 14.4 Å². The van der Waals surface area contributed by atoms with Gasteiger partial charge in [0, 0.05) is 17.7 Å². The molecule has 0 spiro atoms. The van der Waals surface area contributed by atoms with Crippen LogP contribution in [0.25, 0.3) is 10.8 Å². The molecule has 28 heavy (non-hydrogen) atoms. The highest BCUT2D eigenvalue weighted by molar-refractivity contribution is 5.83. The molecular formula is C22H24N2O4. The lowest BCUT2D eigenvalue weighted by molar-refractivity contribution is -0.143. The van der Waals surface area contributed by atoms with Crippen LogP contribution in [0, 0.1) is 0 Å². The van der Waals surface area contributed by atoms with Crippen LogP contribution < -0.4 is 11.2 Å². The number of hydrogen-bond acceptors (Lipinski definition) is 4. The Morgan fingerprint density at radius 2 is 1.82 bits per heavy atom. The number of esters is 1. The van der Waals surface area contributed by atoms with E-state index in [-0.39, 0.29) is 19.1 Å². The maximum atomic E-state index is 12.5. The number of fused-ring (bicyclic) bond motifs is 1. The fourth-order valence-corrected chi connectivity index (χ4v) is 3.46. The largest absolute Gasteiger partial charge is 0.465 e. The minimum absolute atomic E-state index is 0.103. The van der Waals surface area contributed by atoms with Crippen LogP contribution in [0.1, 0.15) is 43.5 Å². The monoisotopic (exact) mass is 380 g/mol. The zero-order chi connectivity index (χ0) is 20.3. The van der Waals surface area contributed by atoms with Crippen LogP contribution >= 0.6 is 0 Å². The van der Waals surface area contributed by atoms with E-state index in [0.717, 1.165) is 16.3 Å². The zero-order valence-electron chi connectivity index (χ0n) is 16.3. The van der Waals surface area contributed by atoms with Crippen molar-refractivity contribution >= 4 is 16.7 Å². The quantitative estimate of drug-likeness (QED) is 0.667. The lowest BCUT2D eigenvalue weighted by Crippen LogP contribution is -2.38. The number of nitrogens with zero attached hydrogens (tertiary/aromatic N) is 1. The normalized spacial score (nSPS) is 11.1. The van der Waals surface area contributed by atoms with E-state index in [1.807, 2.05) is 56.3 Å². The summed E-state index contributed by atoms with van der Waals surface area (Å²) in [6, 6.07) is 14.0. The third-order valence-electron chi connectivity index (χ3n) is 4.70. The fourth-order valence-electron chi connectivity index (χ4n) is 3.46. The molecule has 1 aromatic heterocycles. The minimum atomic E-state index is -0.599. The van der Waals surface area contributed by atoms with E-state index >= 15 is 0 Å². The van der Waals surface area contributed by atoms with Crippen molar-refractivity contribution in [2.75, 3.05) is 6.61 Å². The number of ether oxygens (including phenoxy) is 1. The Kier molecular flexibility index (Phi) is 5.78. The van der Waals surface area contributed by atoms with Crippen LogP contribution in [-0.4, -0.2) is 22.1 Å². The van der Waals surface area contributed by atoms with Gasteiger partial charge in [0.2, 0.25) is 0 Å². The zero-order valence-corrected chi connectivity index (χ0v) is 16.3. The van der Waals surface area contributed by atoms with Crippen LogP contribution in [0.5, 0.6) is 0 Å². The maximum absolute atomic E-state index is 12.5. The Bertz CT molecular complexity index is 1130. The lowest BCUT2D eigenvalue weighted by Gasteiger charge is -2.18. The number of hydrogen-bond donors (Lipinski definition) is 1. The van der Waals surface area contributed by atoms with Crippen molar-refractivity contribution in [3.05, 3.63) is 80.1 Å². The summed E-state index contributed by atoms with van der Waals surface area (Å²) in [5, 5.41) is 2.19. The van der Waals surface area contributed by atoms with Gasteiger partial charge in [0.25, 0.3) is 5.56 Å². The van der Waals surface area contributed by atoms with Crippen molar-refractivity contribution in [2.24, 2.45) is 0 Å². The smallest absolute Gasteiger partial charge is 0.329 e. The van der Waals surface area contributed by atoms with Crippen molar-refractivity contribution in [1.82, 2.24) is 9.55 Å². The van der Waals surface area contributed by atoms with Crippen molar-refractivity contribution < 1.29 is 9.53 Å². The molecule has 0 fully saturated rings. The molecule has 0 saturated carbocycles. The van der Waals surface area contributed by atoms with Gasteiger partial charge in [-0.25, -0.2) is 4.79 Å². The summed E-state index contributed by atoms with van der Waals surface area (Å²) >= 11 is 0. The highest BCUT2D eigenvalue weighted by atomic mass is 16.5. The van der Waals surface area contributed by atoms with Crippen LogP contribution in [0.15, 0.2) is 52.1 Å². The summed E-state index contributed by atoms with van der Waals surface area (Å²) in [5.41, 5.74) is 1.02. The number of aromatic amines is 1. The van der Waals surface area contributed by atoms with E-state index in [0.29, 0.717) is 17.7 Å². The number of rotatable bonds is 6. The molecule has 0 amide bonds. The first-order chi connectivity index (χ1) is 13.4. The molecule has 1 heterocycles. The number of carbonyl (C=O) groups is 1. The minimum Gasteiger partial charge on any atom is -0.465 e. The standard InChI is InChI=1S/C22H24N2O4/c1-4-28-19(25)13-24-18(20(14(2)3)21(26)23-22(24)27)12-15-9-10-16-7-5-6-8-17(16)11-15/h5-11,14H,4,12-13H2,1-3H3,(H,23,26,27). The van der Waals surface area contributed by atoms with Crippen LogP contribution in [0.3, 0.4) is 0 Å². The second-order valence-corrected chi connectivity index (χ2v) is 7.02. The fraction of sp³-hybridized carbons (Fsp3) is 0.318. The molecule has 0 atom stereocenters. The first-order valence-electron chi connectivity index (χ1n) is 9.40. The third kappa shape index (κ3) is 4.06. The molecule has 0 aliphatic rings. The van der Waals surface area contributed by atoms with E-state index in [2.05, 4.69) is 4.98 Å². The molecule has 6 nitrogen and oxygen atoms in total. The van der Waals surface area contributed by atoms with Gasteiger partial charge in [0.1, 0.15) is 6.54 Å². The molecule has 3 rings (SSSR count). The van der Waals surface area contributed by atoms with Crippen LogP contribution in [-0.2, 0) is 22.5 Å². The van der Waals surface area contributed by atoms with Crippen LogP contribution in [0.2, 0.25) is 0 Å². The molecule has 0 unspecified atom stereocenters. The van der Waals surface area contributed by atoms with Gasteiger partial charge in [0.05, 0.1) is 6.61 Å². The molecule has 6 heteroatoms. The van der Waals surface area contributed by atoms with Gasteiger partial charge in [-0.1, -0.05) is 56.3 Å². The van der Waals surface area contributed by atoms with E-state index in [1.54, 1.807) is 6.92 Å². The molecule has 1 N–H and O–H groups in total. The molecule has 0 saturated heterocycles. The number of nitrogens with one attached hydrogen (secondary N) is 1. The number of carbonyl (C=O) groups excluding carboxylic acids is 1. The first kappa shape index (κ1) is 19.6. The van der Waals surface area contributed by atoms with E-state index in [1.165, 1.54) is 4.57 Å². The molecule has 2 aromatic carbocycles.